The van der Waals surface area contributed by atoms with Gasteiger partial charge in [-0.05, 0) is 36.6 Å². The Hall–Kier alpha value is -0.310. The van der Waals surface area contributed by atoms with Gasteiger partial charge in [0.05, 0.1) is 0 Å². The number of hydrogen-bond donors (Lipinski definition) is 1. The molecule has 1 aromatic rings. The van der Waals surface area contributed by atoms with Crippen molar-refractivity contribution in [3.63, 3.8) is 0 Å². The van der Waals surface area contributed by atoms with Gasteiger partial charge < -0.3 is 5.73 Å². The third kappa shape index (κ3) is 3.12. The third-order valence-electron chi connectivity index (χ3n) is 2.04. The van der Waals surface area contributed by atoms with Crippen LogP contribution in [-0.2, 0) is 0 Å². The Morgan fingerprint density at radius 3 is 2.93 bits per heavy atom. The van der Waals surface area contributed by atoms with Gasteiger partial charge in [-0.2, -0.15) is 0 Å². The van der Waals surface area contributed by atoms with E-state index in [1.807, 2.05) is 24.3 Å². The first kappa shape index (κ1) is 11.8. The molecule has 0 spiro atoms. The molecule has 0 bridgehead atoms. The summed E-state index contributed by atoms with van der Waals surface area (Å²) in [4.78, 5) is 0. The number of allylic oxidation sites excluding steroid dienone is 1. The first-order valence-electron chi connectivity index (χ1n) is 4.46. The molecule has 0 saturated carbocycles. The molecule has 3 heteroatoms. The van der Waals surface area contributed by atoms with E-state index in [9.17, 15) is 0 Å². The van der Waals surface area contributed by atoms with Crippen LogP contribution in [0.5, 0.6) is 0 Å². The van der Waals surface area contributed by atoms with E-state index in [-0.39, 0.29) is 6.04 Å². The molecular weight excluding hydrogens is 261 g/mol. The summed E-state index contributed by atoms with van der Waals surface area (Å²) in [5.41, 5.74) is 6.99. The van der Waals surface area contributed by atoms with Gasteiger partial charge in [-0.25, -0.2) is 0 Å². The summed E-state index contributed by atoms with van der Waals surface area (Å²) in [6.45, 7) is 3.67. The predicted octanol–water partition coefficient (Wildman–Crippen LogP) is 4.07. The van der Waals surface area contributed by atoms with E-state index in [4.69, 9.17) is 17.3 Å². The van der Waals surface area contributed by atoms with Gasteiger partial charge in [0, 0.05) is 15.5 Å². The summed E-state index contributed by atoms with van der Waals surface area (Å²) in [6, 6.07) is 5.72. The van der Waals surface area contributed by atoms with Gasteiger partial charge in [0.2, 0.25) is 0 Å². The second-order valence-electron chi connectivity index (χ2n) is 3.14. The molecule has 1 aromatic carbocycles. The summed E-state index contributed by atoms with van der Waals surface area (Å²) in [5.74, 6) is 0. The molecular formula is C11H13BrClN. The Labute approximate surface area is 98.1 Å². The van der Waals surface area contributed by atoms with E-state index in [0.29, 0.717) is 0 Å². The standard InChI is InChI=1S/C11H13BrClN/c1-2-3-4-11(14)9-7-8(12)5-6-10(9)13/h2,5-7,11H,1,3-4,14H2/t11-/m1/s1. The van der Waals surface area contributed by atoms with Gasteiger partial charge in [0.15, 0.2) is 0 Å². The zero-order valence-electron chi connectivity index (χ0n) is 7.84. The van der Waals surface area contributed by atoms with Crippen molar-refractivity contribution >= 4 is 27.5 Å². The molecule has 14 heavy (non-hydrogen) atoms. The highest BCUT2D eigenvalue weighted by atomic mass is 79.9. The molecule has 0 amide bonds. The van der Waals surface area contributed by atoms with Crippen molar-refractivity contribution in [3.05, 3.63) is 45.9 Å². The van der Waals surface area contributed by atoms with E-state index >= 15 is 0 Å². The maximum Gasteiger partial charge on any atom is 0.0454 e. The monoisotopic (exact) mass is 273 g/mol. The number of halogens is 2. The van der Waals surface area contributed by atoms with Gasteiger partial charge in [-0.15, -0.1) is 6.58 Å². The quantitative estimate of drug-likeness (QED) is 0.823. The van der Waals surface area contributed by atoms with Crippen molar-refractivity contribution in [1.29, 1.82) is 0 Å². The fraction of sp³-hybridized carbons (Fsp3) is 0.273. The smallest absolute Gasteiger partial charge is 0.0454 e. The first-order valence-corrected chi connectivity index (χ1v) is 5.63. The highest BCUT2D eigenvalue weighted by Gasteiger charge is 2.09. The van der Waals surface area contributed by atoms with Crippen LogP contribution >= 0.6 is 27.5 Å². The van der Waals surface area contributed by atoms with E-state index < -0.39 is 0 Å². The summed E-state index contributed by atoms with van der Waals surface area (Å²) in [6.07, 6.45) is 3.65. The Kier molecular flexibility index (Phi) is 4.66. The summed E-state index contributed by atoms with van der Waals surface area (Å²) < 4.78 is 1.01. The highest BCUT2D eigenvalue weighted by molar-refractivity contribution is 9.10. The Bertz CT molecular complexity index is 325. The van der Waals surface area contributed by atoms with Crippen LogP contribution in [0.3, 0.4) is 0 Å². The van der Waals surface area contributed by atoms with Crippen LogP contribution in [0.4, 0.5) is 0 Å². The average molecular weight is 275 g/mol. The lowest BCUT2D eigenvalue weighted by Crippen LogP contribution is -2.10. The molecule has 1 nitrogen and oxygen atoms in total. The van der Waals surface area contributed by atoms with E-state index in [2.05, 4.69) is 22.5 Å². The minimum Gasteiger partial charge on any atom is -0.324 e. The molecule has 76 valence electrons. The zero-order chi connectivity index (χ0) is 10.6. The lowest BCUT2D eigenvalue weighted by molar-refractivity contribution is 0.661. The largest absolute Gasteiger partial charge is 0.324 e. The number of hydrogen-bond acceptors (Lipinski definition) is 1. The molecule has 0 aliphatic heterocycles. The number of rotatable bonds is 4. The average Bonchev–Trinajstić information content (AvgIpc) is 2.18. The minimum absolute atomic E-state index is 0.0157. The van der Waals surface area contributed by atoms with Crippen molar-refractivity contribution in [2.24, 2.45) is 5.73 Å². The fourth-order valence-corrected chi connectivity index (χ4v) is 1.89. The van der Waals surface area contributed by atoms with Crippen LogP contribution < -0.4 is 5.73 Å². The van der Waals surface area contributed by atoms with Crippen molar-refractivity contribution in [2.45, 2.75) is 18.9 Å². The van der Waals surface area contributed by atoms with E-state index in [1.165, 1.54) is 0 Å². The number of benzene rings is 1. The molecule has 0 aliphatic rings. The molecule has 0 aromatic heterocycles. The van der Waals surface area contributed by atoms with Crippen LogP contribution in [0.1, 0.15) is 24.4 Å². The molecule has 0 unspecified atom stereocenters. The maximum atomic E-state index is 6.04. The van der Waals surface area contributed by atoms with Crippen LogP contribution in [-0.4, -0.2) is 0 Å². The molecule has 0 heterocycles. The van der Waals surface area contributed by atoms with Gasteiger partial charge in [-0.1, -0.05) is 33.6 Å². The number of nitrogens with two attached hydrogens (primary N) is 1. The van der Waals surface area contributed by atoms with Crippen LogP contribution in [0.2, 0.25) is 5.02 Å². The molecule has 0 saturated heterocycles. The van der Waals surface area contributed by atoms with Crippen molar-refractivity contribution in [2.75, 3.05) is 0 Å². The maximum absolute atomic E-state index is 6.04. The highest BCUT2D eigenvalue weighted by Crippen LogP contribution is 2.27. The molecule has 0 fully saturated rings. The second kappa shape index (κ2) is 5.54. The Morgan fingerprint density at radius 1 is 1.57 bits per heavy atom. The van der Waals surface area contributed by atoms with Crippen molar-refractivity contribution < 1.29 is 0 Å². The van der Waals surface area contributed by atoms with Gasteiger partial charge >= 0.3 is 0 Å². The Balaban J connectivity index is 2.82. The summed E-state index contributed by atoms with van der Waals surface area (Å²) >= 11 is 9.44. The first-order chi connectivity index (χ1) is 6.65. The lowest BCUT2D eigenvalue weighted by atomic mass is 10.0. The SMILES string of the molecule is C=CCC[C@@H](N)c1cc(Br)ccc1Cl. The summed E-state index contributed by atoms with van der Waals surface area (Å²) in [7, 11) is 0. The van der Waals surface area contributed by atoms with Crippen molar-refractivity contribution in [1.82, 2.24) is 0 Å². The van der Waals surface area contributed by atoms with Gasteiger partial charge in [0.25, 0.3) is 0 Å². The van der Waals surface area contributed by atoms with Crippen LogP contribution in [0.25, 0.3) is 0 Å². The van der Waals surface area contributed by atoms with Crippen LogP contribution in [0.15, 0.2) is 35.3 Å². The molecule has 0 aliphatic carbocycles. The lowest BCUT2D eigenvalue weighted by Gasteiger charge is -2.12. The molecule has 1 rings (SSSR count). The third-order valence-corrected chi connectivity index (χ3v) is 2.88. The normalized spacial score (nSPS) is 12.5. The summed E-state index contributed by atoms with van der Waals surface area (Å²) in [5, 5.41) is 0.727. The van der Waals surface area contributed by atoms with E-state index in [0.717, 1.165) is 27.9 Å². The van der Waals surface area contributed by atoms with Crippen LogP contribution in [0, 0.1) is 0 Å². The van der Waals surface area contributed by atoms with Crippen molar-refractivity contribution in [3.8, 4) is 0 Å². The Morgan fingerprint density at radius 2 is 2.29 bits per heavy atom. The zero-order valence-corrected chi connectivity index (χ0v) is 10.2. The topological polar surface area (TPSA) is 26.0 Å². The van der Waals surface area contributed by atoms with E-state index in [1.54, 1.807) is 0 Å². The minimum atomic E-state index is -0.0157. The fourth-order valence-electron chi connectivity index (χ4n) is 1.25. The molecule has 0 radical (unpaired) electrons. The predicted molar refractivity (Wildman–Crippen MR) is 65.5 cm³/mol. The molecule has 2 N–H and O–H groups in total. The molecule has 1 atom stereocenters. The van der Waals surface area contributed by atoms with Gasteiger partial charge in [-0.3, -0.25) is 0 Å². The van der Waals surface area contributed by atoms with Gasteiger partial charge in [0.1, 0.15) is 0 Å². The second-order valence-corrected chi connectivity index (χ2v) is 4.46.